The molecule has 2 unspecified atom stereocenters. The third-order valence-electron chi connectivity index (χ3n) is 9.00. The molecule has 238 valence electrons. The van der Waals surface area contributed by atoms with E-state index in [4.69, 9.17) is 14.2 Å². The molecule has 44 heavy (non-hydrogen) atoms. The predicted molar refractivity (Wildman–Crippen MR) is 174 cm³/mol. The van der Waals surface area contributed by atoms with Gasteiger partial charge in [-0.2, -0.15) is 0 Å². The highest BCUT2D eigenvalue weighted by molar-refractivity contribution is 5.98. The van der Waals surface area contributed by atoms with Gasteiger partial charge in [-0.1, -0.05) is 37.5 Å². The first-order chi connectivity index (χ1) is 21.1. The number of methoxy groups -OCH3 is 1. The van der Waals surface area contributed by atoms with E-state index >= 15 is 0 Å². The highest BCUT2D eigenvalue weighted by Crippen LogP contribution is 2.48. The van der Waals surface area contributed by atoms with Gasteiger partial charge in [-0.25, -0.2) is 4.79 Å². The minimum absolute atomic E-state index is 0.0138. The number of ether oxygens (including phenoxy) is 3. The van der Waals surface area contributed by atoms with Gasteiger partial charge in [-0.15, -0.1) is 0 Å². The van der Waals surface area contributed by atoms with Crippen molar-refractivity contribution >= 4 is 22.8 Å². The Labute approximate surface area is 262 Å². The molecular formula is C36H49N3O5. The van der Waals surface area contributed by atoms with E-state index in [1.165, 1.54) is 35.9 Å². The highest BCUT2D eigenvalue weighted by Gasteiger charge is 2.36. The van der Waals surface area contributed by atoms with Crippen LogP contribution in [-0.2, 0) is 25.5 Å². The van der Waals surface area contributed by atoms with Crippen molar-refractivity contribution in [3.8, 4) is 0 Å². The summed E-state index contributed by atoms with van der Waals surface area (Å²) < 4.78 is 19.4. The molecule has 3 aliphatic rings. The van der Waals surface area contributed by atoms with Crippen LogP contribution in [0.15, 0.2) is 53.8 Å². The monoisotopic (exact) mass is 603 g/mol. The maximum Gasteiger partial charge on any atom is 0.338 e. The maximum atomic E-state index is 14.0. The second-order valence-electron chi connectivity index (χ2n) is 13.3. The lowest BCUT2D eigenvalue weighted by Gasteiger charge is -2.28. The van der Waals surface area contributed by atoms with Gasteiger partial charge in [-0.05, 0) is 76.4 Å². The van der Waals surface area contributed by atoms with Crippen LogP contribution in [0, 0.1) is 5.92 Å². The smallest absolute Gasteiger partial charge is 0.338 e. The van der Waals surface area contributed by atoms with Gasteiger partial charge in [0.25, 0.3) is 5.91 Å². The number of hydrogen-bond donors (Lipinski definition) is 1. The fourth-order valence-corrected chi connectivity index (χ4v) is 6.87. The summed E-state index contributed by atoms with van der Waals surface area (Å²) in [6.45, 7) is 8.43. The lowest BCUT2D eigenvalue weighted by atomic mass is 9.77. The quantitative estimate of drug-likeness (QED) is 0.262. The minimum Gasteiger partial charge on any atom is -0.497 e. The van der Waals surface area contributed by atoms with Crippen LogP contribution in [-0.4, -0.2) is 74.5 Å². The van der Waals surface area contributed by atoms with E-state index in [-0.39, 0.29) is 23.7 Å². The summed E-state index contributed by atoms with van der Waals surface area (Å²) >= 11 is 0. The zero-order valence-corrected chi connectivity index (χ0v) is 27.3. The first-order valence-electron chi connectivity index (χ1n) is 16.1. The van der Waals surface area contributed by atoms with Crippen molar-refractivity contribution < 1.29 is 23.8 Å². The zero-order chi connectivity index (χ0) is 31.4. The number of amides is 1. The summed E-state index contributed by atoms with van der Waals surface area (Å²) in [5, 5.41) is 4.25. The van der Waals surface area contributed by atoms with Gasteiger partial charge in [0.2, 0.25) is 0 Å². The van der Waals surface area contributed by atoms with Crippen LogP contribution in [0.5, 0.6) is 0 Å². The van der Waals surface area contributed by atoms with Crippen molar-refractivity contribution in [3.63, 3.8) is 0 Å². The number of aromatic nitrogens is 1. The number of allylic oxidation sites excluding steroid dienone is 4. The first-order valence-corrected chi connectivity index (χ1v) is 16.1. The second-order valence-corrected chi connectivity index (χ2v) is 13.3. The summed E-state index contributed by atoms with van der Waals surface area (Å²) in [7, 11) is 5.42. The van der Waals surface area contributed by atoms with Gasteiger partial charge in [0, 0.05) is 54.1 Å². The van der Waals surface area contributed by atoms with Gasteiger partial charge in [0.15, 0.2) is 0 Å². The lowest BCUT2D eigenvalue weighted by Crippen LogP contribution is -2.33. The molecule has 1 amide bonds. The molecule has 2 heterocycles. The Bertz CT molecular complexity index is 1450. The summed E-state index contributed by atoms with van der Waals surface area (Å²) in [6.07, 6.45) is 14.6. The molecule has 1 fully saturated rings. The predicted octanol–water partition coefficient (Wildman–Crippen LogP) is 6.08. The van der Waals surface area contributed by atoms with Crippen LogP contribution in [0.25, 0.3) is 10.9 Å². The normalized spacial score (nSPS) is 20.3. The van der Waals surface area contributed by atoms with Crippen LogP contribution >= 0.6 is 0 Å². The fourth-order valence-electron chi connectivity index (χ4n) is 6.87. The molecule has 2 aliphatic carbocycles. The Morgan fingerprint density at radius 2 is 1.86 bits per heavy atom. The van der Waals surface area contributed by atoms with Gasteiger partial charge < -0.3 is 29.0 Å². The molecule has 2 aromatic rings. The highest BCUT2D eigenvalue weighted by atomic mass is 16.6. The number of fused-ring (bicyclic) bond motifs is 5. The number of nitrogens with one attached hydrogen (secondary N) is 1. The van der Waals surface area contributed by atoms with E-state index in [2.05, 4.69) is 40.3 Å². The van der Waals surface area contributed by atoms with Crippen LogP contribution in [0.1, 0.15) is 86.3 Å². The Morgan fingerprint density at radius 3 is 2.57 bits per heavy atom. The van der Waals surface area contributed by atoms with Crippen LogP contribution < -0.4 is 5.32 Å². The van der Waals surface area contributed by atoms with Crippen molar-refractivity contribution in [1.82, 2.24) is 14.8 Å². The van der Waals surface area contributed by atoms with E-state index in [0.717, 1.165) is 36.2 Å². The van der Waals surface area contributed by atoms with Crippen molar-refractivity contribution in [2.45, 2.75) is 76.9 Å². The topological polar surface area (TPSA) is 82.0 Å². The first kappa shape index (κ1) is 32.0. The fraction of sp³-hybridized carbons (Fsp3) is 0.556. The van der Waals surface area contributed by atoms with Gasteiger partial charge in [0.1, 0.15) is 11.4 Å². The third kappa shape index (κ3) is 6.97. The number of carbonyl (C=O) groups excluding carboxylic acids is 2. The lowest BCUT2D eigenvalue weighted by molar-refractivity contribution is -0.126. The molecule has 0 spiro atoms. The van der Waals surface area contributed by atoms with Crippen LogP contribution in [0.3, 0.4) is 0 Å². The van der Waals surface area contributed by atoms with Crippen molar-refractivity contribution in [1.29, 1.82) is 0 Å². The van der Waals surface area contributed by atoms with E-state index in [0.29, 0.717) is 37.8 Å². The number of hydrogen-bond acceptors (Lipinski definition) is 6. The largest absolute Gasteiger partial charge is 0.497 e. The van der Waals surface area contributed by atoms with Crippen LogP contribution in [0.4, 0.5) is 0 Å². The average molecular weight is 604 g/mol. The van der Waals surface area contributed by atoms with Crippen molar-refractivity contribution in [2.24, 2.45) is 5.92 Å². The summed E-state index contributed by atoms with van der Waals surface area (Å²) in [6, 6.07) is 5.99. The number of rotatable bonds is 10. The molecule has 8 heteroatoms. The Morgan fingerprint density at radius 1 is 1.09 bits per heavy atom. The zero-order valence-electron chi connectivity index (χ0n) is 27.3. The number of likely N-dealkylation sites (N-methyl/N-ethyl adjacent to an activating group) is 2. The summed E-state index contributed by atoms with van der Waals surface area (Å²) in [5.74, 6) is 0.898. The summed E-state index contributed by atoms with van der Waals surface area (Å²) in [5.41, 5.74) is 4.27. The molecular weight excluding hydrogens is 554 g/mol. The number of benzene rings is 1. The molecule has 1 aromatic carbocycles. The van der Waals surface area contributed by atoms with Crippen molar-refractivity contribution in [3.05, 3.63) is 70.7 Å². The standard InChI is InChI=1S/C36H49N3O5/c1-36(2,3)44-35(41)25-12-14-30-31(22-25)39-23-27(34(40)38(5)17-19-43-18-16-37-4)20-26-21-28(42-6)13-15-29(26)33(39)32(30)24-10-8-7-9-11-24/h12-15,20-22,24,26,29,37H,7-11,16-19,23H2,1-6H3. The molecule has 0 bridgehead atoms. The Hall–Kier alpha value is -3.36. The minimum atomic E-state index is -0.593. The van der Waals surface area contributed by atoms with Gasteiger partial charge in [-0.3, -0.25) is 4.79 Å². The number of esters is 1. The number of carbonyl (C=O) groups is 2. The maximum absolute atomic E-state index is 14.0. The summed E-state index contributed by atoms with van der Waals surface area (Å²) in [4.78, 5) is 29.0. The van der Waals surface area contributed by atoms with E-state index in [1.807, 2.05) is 47.0 Å². The molecule has 0 saturated heterocycles. The molecule has 1 aliphatic heterocycles. The van der Waals surface area contributed by atoms with E-state index in [9.17, 15) is 9.59 Å². The van der Waals surface area contributed by atoms with E-state index < -0.39 is 5.60 Å². The second kappa shape index (κ2) is 13.7. The molecule has 0 radical (unpaired) electrons. The molecule has 1 saturated carbocycles. The van der Waals surface area contributed by atoms with Gasteiger partial charge >= 0.3 is 5.97 Å². The average Bonchev–Trinajstić information content (AvgIpc) is 3.22. The molecule has 2 atom stereocenters. The number of nitrogens with zero attached hydrogens (tertiary/aromatic N) is 2. The Balaban J connectivity index is 1.61. The van der Waals surface area contributed by atoms with E-state index in [1.54, 1.807) is 12.0 Å². The van der Waals surface area contributed by atoms with Gasteiger partial charge in [0.05, 0.1) is 32.4 Å². The third-order valence-corrected chi connectivity index (χ3v) is 9.00. The van der Waals surface area contributed by atoms with Crippen LogP contribution in [0.2, 0.25) is 0 Å². The molecule has 1 aromatic heterocycles. The molecule has 8 nitrogen and oxygen atoms in total. The SMILES string of the molecule is CNCCOCCN(C)C(=O)C1=CC2C=C(OC)C=CC2c2c(C3CCCCC3)c3ccc(C(=O)OC(C)(C)C)cc3n2C1. The van der Waals surface area contributed by atoms with Crippen molar-refractivity contribution in [2.75, 3.05) is 47.5 Å². The molecule has 1 N–H and O–H groups in total. The Kier molecular flexibility index (Phi) is 10.0. The molecule has 5 rings (SSSR count).